The lowest BCUT2D eigenvalue weighted by Gasteiger charge is -2.29. The molecule has 6 nitrogen and oxygen atoms in total. The lowest BCUT2D eigenvalue weighted by atomic mass is 10.1. The molecule has 0 spiro atoms. The second-order valence-electron chi connectivity index (χ2n) is 7.07. The highest BCUT2D eigenvalue weighted by molar-refractivity contribution is 5.15. The molecule has 5 atom stereocenters. The van der Waals surface area contributed by atoms with E-state index in [1.165, 1.54) is 5.56 Å². The van der Waals surface area contributed by atoms with Crippen LogP contribution in [0.15, 0.2) is 24.5 Å². The third-order valence-corrected chi connectivity index (χ3v) is 4.96. The summed E-state index contributed by atoms with van der Waals surface area (Å²) in [6.45, 7) is 5.38. The molecule has 3 fully saturated rings. The van der Waals surface area contributed by atoms with E-state index in [1.807, 2.05) is 26.1 Å². The molecule has 6 heteroatoms. The van der Waals surface area contributed by atoms with E-state index in [0.29, 0.717) is 12.6 Å². The van der Waals surface area contributed by atoms with Crippen LogP contribution >= 0.6 is 0 Å². The van der Waals surface area contributed by atoms with Crippen LogP contribution in [-0.4, -0.2) is 58.5 Å². The molecule has 1 aromatic rings. The second-order valence-corrected chi connectivity index (χ2v) is 7.07. The van der Waals surface area contributed by atoms with Crippen LogP contribution in [-0.2, 0) is 14.2 Å². The maximum absolute atomic E-state index is 10.5. The van der Waals surface area contributed by atoms with Crippen molar-refractivity contribution in [2.45, 2.75) is 63.1 Å². The van der Waals surface area contributed by atoms with Gasteiger partial charge in [-0.3, -0.25) is 9.88 Å². The highest BCUT2D eigenvalue weighted by Crippen LogP contribution is 2.39. The van der Waals surface area contributed by atoms with Crippen LogP contribution in [0, 0.1) is 0 Å². The van der Waals surface area contributed by atoms with Crippen LogP contribution in [0.1, 0.15) is 38.3 Å². The van der Waals surface area contributed by atoms with Crippen molar-refractivity contribution in [3.05, 3.63) is 30.1 Å². The van der Waals surface area contributed by atoms with E-state index in [-0.39, 0.29) is 6.10 Å². The summed E-state index contributed by atoms with van der Waals surface area (Å²) in [6, 6.07) is 4.44. The summed E-state index contributed by atoms with van der Waals surface area (Å²) >= 11 is 0. The van der Waals surface area contributed by atoms with Gasteiger partial charge in [0, 0.05) is 25.0 Å². The number of aliphatic hydroxyl groups is 1. The van der Waals surface area contributed by atoms with Gasteiger partial charge < -0.3 is 19.3 Å². The normalized spacial score (nSPS) is 39.7. The minimum Gasteiger partial charge on any atom is -0.387 e. The van der Waals surface area contributed by atoms with E-state index < -0.39 is 24.3 Å². The molecular weight excluding hydrogens is 296 g/mol. The zero-order valence-corrected chi connectivity index (χ0v) is 13.6. The first-order valence-corrected chi connectivity index (χ1v) is 8.37. The Bertz CT molecular complexity index is 553. The number of ether oxygens (including phenoxy) is 3. The van der Waals surface area contributed by atoms with Crippen molar-refractivity contribution in [3.63, 3.8) is 0 Å². The number of hydrogen-bond donors (Lipinski definition) is 1. The van der Waals surface area contributed by atoms with Crippen LogP contribution in [0.3, 0.4) is 0 Å². The van der Waals surface area contributed by atoms with Gasteiger partial charge in [-0.25, -0.2) is 0 Å². The van der Waals surface area contributed by atoms with E-state index in [4.69, 9.17) is 14.2 Å². The fourth-order valence-corrected chi connectivity index (χ4v) is 3.94. The lowest BCUT2D eigenvalue weighted by Crippen LogP contribution is -2.41. The maximum atomic E-state index is 10.5. The number of rotatable bonds is 3. The fraction of sp³-hybridized carbons (Fsp3) is 0.706. The van der Waals surface area contributed by atoms with Gasteiger partial charge in [0.25, 0.3) is 0 Å². The first kappa shape index (κ1) is 15.5. The molecule has 0 aliphatic carbocycles. The van der Waals surface area contributed by atoms with Gasteiger partial charge in [-0.1, -0.05) is 6.07 Å². The fourth-order valence-electron chi connectivity index (χ4n) is 3.94. The maximum Gasteiger partial charge on any atom is 0.190 e. The summed E-state index contributed by atoms with van der Waals surface area (Å²) in [5.74, 6) is -0.687. The molecule has 0 aromatic carbocycles. The number of nitrogens with zero attached hydrogens (tertiary/aromatic N) is 2. The molecule has 3 saturated heterocycles. The summed E-state index contributed by atoms with van der Waals surface area (Å²) in [6.07, 6.45) is 4.19. The average Bonchev–Trinajstić information content (AvgIpc) is 3.17. The van der Waals surface area contributed by atoms with Crippen LogP contribution < -0.4 is 0 Å². The summed E-state index contributed by atoms with van der Waals surface area (Å²) in [5.41, 5.74) is 1.23. The van der Waals surface area contributed by atoms with Gasteiger partial charge in [-0.15, -0.1) is 0 Å². The van der Waals surface area contributed by atoms with E-state index >= 15 is 0 Å². The summed E-state index contributed by atoms with van der Waals surface area (Å²) in [5, 5.41) is 10.5. The molecule has 3 aliphatic rings. The number of pyridine rings is 1. The van der Waals surface area contributed by atoms with Gasteiger partial charge in [0.2, 0.25) is 0 Å². The minimum atomic E-state index is -0.687. The van der Waals surface area contributed by atoms with Gasteiger partial charge in [-0.2, -0.15) is 0 Å². The van der Waals surface area contributed by atoms with Crippen molar-refractivity contribution >= 4 is 0 Å². The molecule has 3 aliphatic heterocycles. The molecule has 23 heavy (non-hydrogen) atoms. The summed E-state index contributed by atoms with van der Waals surface area (Å²) in [7, 11) is 0. The van der Waals surface area contributed by atoms with Crippen molar-refractivity contribution in [1.29, 1.82) is 0 Å². The Labute approximate surface area is 136 Å². The first-order valence-electron chi connectivity index (χ1n) is 8.37. The number of fused-ring (bicyclic) bond motifs is 1. The Hall–Kier alpha value is -1.05. The molecule has 1 aromatic heterocycles. The summed E-state index contributed by atoms with van der Waals surface area (Å²) < 4.78 is 17.4. The largest absolute Gasteiger partial charge is 0.387 e. The highest BCUT2D eigenvalue weighted by Gasteiger charge is 2.54. The zero-order chi connectivity index (χ0) is 16.0. The summed E-state index contributed by atoms with van der Waals surface area (Å²) in [4.78, 5) is 6.60. The van der Waals surface area contributed by atoms with Crippen LogP contribution in [0.4, 0.5) is 0 Å². The molecule has 1 N–H and O–H groups in total. The number of likely N-dealkylation sites (tertiary alicyclic amines) is 1. The first-order chi connectivity index (χ1) is 11.0. The van der Waals surface area contributed by atoms with E-state index in [2.05, 4.69) is 16.0 Å². The third kappa shape index (κ3) is 2.90. The Balaban J connectivity index is 1.43. The molecule has 0 unspecified atom stereocenters. The second kappa shape index (κ2) is 5.79. The van der Waals surface area contributed by atoms with Crippen LogP contribution in [0.25, 0.3) is 0 Å². The Morgan fingerprint density at radius 3 is 3.00 bits per heavy atom. The smallest absolute Gasteiger partial charge is 0.190 e. The van der Waals surface area contributed by atoms with Crippen molar-refractivity contribution in [2.75, 3.05) is 13.1 Å². The topological polar surface area (TPSA) is 64.1 Å². The third-order valence-electron chi connectivity index (χ3n) is 4.96. The quantitative estimate of drug-likeness (QED) is 0.909. The predicted molar refractivity (Wildman–Crippen MR) is 82.5 cm³/mol. The SMILES string of the molecule is CC1(C)O[C@H]2O[C@H](CN3CCC[C@@H]3c3cccnc3)[C@H](O)[C@H]2O1. The lowest BCUT2D eigenvalue weighted by molar-refractivity contribution is -0.216. The molecule has 0 saturated carbocycles. The standard InChI is InChI=1S/C17H24N2O4/c1-17(2)22-15-14(20)13(21-16(15)23-17)10-19-8-4-6-12(19)11-5-3-7-18-9-11/h3,5,7,9,12-16,20H,4,6,8,10H2,1-2H3/t12-,13-,14+,15-,16-/m1/s1. The highest BCUT2D eigenvalue weighted by atomic mass is 16.8. The molecule has 0 radical (unpaired) electrons. The van der Waals surface area contributed by atoms with Gasteiger partial charge in [0.15, 0.2) is 12.1 Å². The number of aliphatic hydroxyl groups excluding tert-OH is 1. The minimum absolute atomic E-state index is 0.279. The monoisotopic (exact) mass is 320 g/mol. The molecule has 4 heterocycles. The van der Waals surface area contributed by atoms with E-state index in [9.17, 15) is 5.11 Å². The van der Waals surface area contributed by atoms with E-state index in [0.717, 1.165) is 19.4 Å². The number of aromatic nitrogens is 1. The zero-order valence-electron chi connectivity index (χ0n) is 13.6. The van der Waals surface area contributed by atoms with Crippen LogP contribution in [0.2, 0.25) is 0 Å². The molecular formula is C17H24N2O4. The van der Waals surface area contributed by atoms with Gasteiger partial charge >= 0.3 is 0 Å². The van der Waals surface area contributed by atoms with Gasteiger partial charge in [0.05, 0.1) is 0 Å². The van der Waals surface area contributed by atoms with Crippen molar-refractivity contribution in [1.82, 2.24) is 9.88 Å². The predicted octanol–water partition coefficient (Wildman–Crippen LogP) is 1.46. The Kier molecular flexibility index (Phi) is 3.90. The number of hydrogen-bond acceptors (Lipinski definition) is 6. The molecule has 126 valence electrons. The molecule has 0 amide bonds. The van der Waals surface area contributed by atoms with E-state index in [1.54, 1.807) is 6.20 Å². The Morgan fingerprint density at radius 2 is 2.26 bits per heavy atom. The van der Waals surface area contributed by atoms with Crippen LogP contribution in [0.5, 0.6) is 0 Å². The Morgan fingerprint density at radius 1 is 1.39 bits per heavy atom. The average molecular weight is 320 g/mol. The van der Waals surface area contributed by atoms with Gasteiger partial charge in [-0.05, 0) is 44.9 Å². The molecule has 4 rings (SSSR count). The molecule has 0 bridgehead atoms. The van der Waals surface area contributed by atoms with Gasteiger partial charge in [0.1, 0.15) is 18.3 Å². The van der Waals surface area contributed by atoms with Crippen molar-refractivity contribution in [2.24, 2.45) is 0 Å². The van der Waals surface area contributed by atoms with Crippen molar-refractivity contribution < 1.29 is 19.3 Å². The van der Waals surface area contributed by atoms with Crippen molar-refractivity contribution in [3.8, 4) is 0 Å².